The van der Waals surface area contributed by atoms with Crippen LogP contribution in [0.4, 0.5) is 4.39 Å². The van der Waals surface area contributed by atoms with E-state index >= 15 is 0 Å². The molecule has 0 bridgehead atoms. The van der Waals surface area contributed by atoms with Crippen LogP contribution in [0, 0.1) is 5.82 Å². The lowest BCUT2D eigenvalue weighted by molar-refractivity contribution is 0.555. The minimum absolute atomic E-state index is 0.190. The summed E-state index contributed by atoms with van der Waals surface area (Å²) in [5, 5.41) is 3.12. The summed E-state index contributed by atoms with van der Waals surface area (Å²) in [6, 6.07) is 5.09. The smallest absolute Gasteiger partial charge is 0.127 e. The molecule has 1 rings (SSSR count). The summed E-state index contributed by atoms with van der Waals surface area (Å²) in [6.45, 7) is 2.46. The molecule has 0 aliphatic heterocycles. The van der Waals surface area contributed by atoms with Crippen molar-refractivity contribution >= 4 is 27.5 Å². The third-order valence-corrected chi connectivity index (χ3v) is 2.84. The van der Waals surface area contributed by atoms with Crippen LogP contribution in [0.1, 0.15) is 12.5 Å². The van der Waals surface area contributed by atoms with E-state index in [0.717, 1.165) is 4.47 Å². The predicted molar refractivity (Wildman–Crippen MR) is 61.1 cm³/mol. The van der Waals surface area contributed by atoms with Gasteiger partial charge in [-0.15, -0.1) is 11.6 Å². The van der Waals surface area contributed by atoms with E-state index in [4.69, 9.17) is 11.6 Å². The zero-order valence-electron chi connectivity index (χ0n) is 7.86. The average molecular weight is 281 g/mol. The highest BCUT2D eigenvalue weighted by atomic mass is 79.9. The molecule has 0 heterocycles. The zero-order valence-corrected chi connectivity index (χ0v) is 10.2. The second kappa shape index (κ2) is 5.69. The highest BCUT2D eigenvalue weighted by Gasteiger charge is 2.04. The summed E-state index contributed by atoms with van der Waals surface area (Å²) in [5.41, 5.74) is 0.649. The van der Waals surface area contributed by atoms with Crippen molar-refractivity contribution in [2.75, 3.05) is 5.88 Å². The van der Waals surface area contributed by atoms with Gasteiger partial charge in [-0.3, -0.25) is 0 Å². The zero-order chi connectivity index (χ0) is 10.6. The summed E-state index contributed by atoms with van der Waals surface area (Å²) >= 11 is 8.92. The Morgan fingerprint density at radius 1 is 1.57 bits per heavy atom. The van der Waals surface area contributed by atoms with Crippen LogP contribution in [0.5, 0.6) is 0 Å². The first-order valence-electron chi connectivity index (χ1n) is 4.36. The Morgan fingerprint density at radius 3 is 2.93 bits per heavy atom. The average Bonchev–Trinajstić information content (AvgIpc) is 2.19. The predicted octanol–water partition coefficient (Wildman–Crippen LogP) is 3.31. The monoisotopic (exact) mass is 279 g/mol. The van der Waals surface area contributed by atoms with Crippen LogP contribution in [-0.4, -0.2) is 11.9 Å². The van der Waals surface area contributed by atoms with Gasteiger partial charge in [0.2, 0.25) is 0 Å². The van der Waals surface area contributed by atoms with Crippen molar-refractivity contribution in [2.24, 2.45) is 0 Å². The summed E-state index contributed by atoms with van der Waals surface area (Å²) in [4.78, 5) is 0. The van der Waals surface area contributed by atoms with Crippen LogP contribution >= 0.6 is 27.5 Å². The molecule has 0 radical (unpaired) electrons. The molecule has 0 saturated carbocycles. The molecule has 0 amide bonds. The van der Waals surface area contributed by atoms with Gasteiger partial charge in [-0.25, -0.2) is 4.39 Å². The van der Waals surface area contributed by atoms with Gasteiger partial charge in [0.05, 0.1) is 0 Å². The highest BCUT2D eigenvalue weighted by molar-refractivity contribution is 9.10. The first-order chi connectivity index (χ1) is 6.63. The van der Waals surface area contributed by atoms with Crippen molar-refractivity contribution in [2.45, 2.75) is 19.5 Å². The van der Waals surface area contributed by atoms with E-state index in [1.165, 1.54) is 6.07 Å². The van der Waals surface area contributed by atoms with E-state index in [9.17, 15) is 4.39 Å². The highest BCUT2D eigenvalue weighted by Crippen LogP contribution is 2.15. The SMILES string of the molecule is CC(CCl)NCc1cc(Br)ccc1F. The third kappa shape index (κ3) is 3.56. The first-order valence-corrected chi connectivity index (χ1v) is 5.69. The van der Waals surface area contributed by atoms with Gasteiger partial charge in [0.1, 0.15) is 5.82 Å². The molecular formula is C10H12BrClFN. The van der Waals surface area contributed by atoms with Gasteiger partial charge in [0.15, 0.2) is 0 Å². The quantitative estimate of drug-likeness (QED) is 0.835. The minimum atomic E-state index is -0.192. The minimum Gasteiger partial charge on any atom is -0.309 e. The molecule has 0 spiro atoms. The van der Waals surface area contributed by atoms with Crippen molar-refractivity contribution in [3.05, 3.63) is 34.1 Å². The van der Waals surface area contributed by atoms with Gasteiger partial charge in [0, 0.05) is 28.5 Å². The molecule has 0 aromatic heterocycles. The largest absolute Gasteiger partial charge is 0.309 e. The van der Waals surface area contributed by atoms with Crippen molar-refractivity contribution in [1.82, 2.24) is 5.32 Å². The fourth-order valence-electron chi connectivity index (χ4n) is 1.02. The van der Waals surface area contributed by atoms with Crippen molar-refractivity contribution < 1.29 is 4.39 Å². The Balaban J connectivity index is 2.62. The summed E-state index contributed by atoms with van der Waals surface area (Å²) in [5.74, 6) is 0.331. The maximum Gasteiger partial charge on any atom is 0.127 e. The van der Waals surface area contributed by atoms with Gasteiger partial charge in [-0.1, -0.05) is 15.9 Å². The molecule has 0 fully saturated rings. The lowest BCUT2D eigenvalue weighted by Gasteiger charge is -2.10. The second-order valence-corrected chi connectivity index (χ2v) is 4.40. The topological polar surface area (TPSA) is 12.0 Å². The molecule has 0 aliphatic carbocycles. The van der Waals surface area contributed by atoms with Crippen LogP contribution in [0.3, 0.4) is 0 Å². The van der Waals surface area contributed by atoms with Gasteiger partial charge in [-0.05, 0) is 25.1 Å². The Morgan fingerprint density at radius 2 is 2.29 bits per heavy atom. The number of rotatable bonds is 4. The fourth-order valence-corrected chi connectivity index (χ4v) is 1.54. The van der Waals surface area contributed by atoms with E-state index < -0.39 is 0 Å². The van der Waals surface area contributed by atoms with Crippen molar-refractivity contribution in [3.63, 3.8) is 0 Å². The molecule has 1 atom stereocenters. The molecular weight excluding hydrogens is 268 g/mol. The summed E-state index contributed by atoms with van der Waals surface area (Å²) < 4.78 is 14.1. The van der Waals surface area contributed by atoms with E-state index in [-0.39, 0.29) is 11.9 Å². The molecule has 0 aliphatic rings. The second-order valence-electron chi connectivity index (χ2n) is 3.17. The molecule has 1 aromatic rings. The number of alkyl halides is 1. The van der Waals surface area contributed by atoms with Gasteiger partial charge < -0.3 is 5.32 Å². The van der Waals surface area contributed by atoms with E-state index in [0.29, 0.717) is 18.0 Å². The maximum absolute atomic E-state index is 13.2. The fraction of sp³-hybridized carbons (Fsp3) is 0.400. The Kier molecular flexibility index (Phi) is 4.85. The molecule has 1 unspecified atom stereocenters. The van der Waals surface area contributed by atoms with Gasteiger partial charge in [-0.2, -0.15) is 0 Å². The summed E-state index contributed by atoms with van der Waals surface area (Å²) in [6.07, 6.45) is 0. The molecule has 1 aromatic carbocycles. The molecule has 14 heavy (non-hydrogen) atoms. The lowest BCUT2D eigenvalue weighted by atomic mass is 10.2. The number of benzene rings is 1. The van der Waals surface area contributed by atoms with Crippen molar-refractivity contribution in [1.29, 1.82) is 0 Å². The van der Waals surface area contributed by atoms with Crippen LogP contribution in [0.2, 0.25) is 0 Å². The number of halogens is 3. The van der Waals surface area contributed by atoms with E-state index in [1.807, 2.05) is 6.92 Å². The molecule has 0 saturated heterocycles. The first kappa shape index (κ1) is 12.0. The normalized spacial score (nSPS) is 12.9. The number of nitrogens with one attached hydrogen (secondary N) is 1. The van der Waals surface area contributed by atoms with Crippen molar-refractivity contribution in [3.8, 4) is 0 Å². The molecule has 1 N–H and O–H groups in total. The van der Waals surface area contributed by atoms with E-state index in [2.05, 4.69) is 21.2 Å². The van der Waals surface area contributed by atoms with Gasteiger partial charge >= 0.3 is 0 Å². The van der Waals surface area contributed by atoms with Crippen LogP contribution < -0.4 is 5.32 Å². The van der Waals surface area contributed by atoms with Gasteiger partial charge in [0.25, 0.3) is 0 Å². The Labute approximate surface area is 96.8 Å². The Hall–Kier alpha value is -0.120. The van der Waals surface area contributed by atoms with Crippen LogP contribution in [-0.2, 0) is 6.54 Å². The standard InChI is InChI=1S/C10H12BrClFN/c1-7(5-12)14-6-8-4-9(11)2-3-10(8)13/h2-4,7,14H,5-6H2,1H3. The van der Waals surface area contributed by atoms with Crippen LogP contribution in [0.25, 0.3) is 0 Å². The summed E-state index contributed by atoms with van der Waals surface area (Å²) in [7, 11) is 0. The number of hydrogen-bond acceptors (Lipinski definition) is 1. The third-order valence-electron chi connectivity index (χ3n) is 1.88. The Bertz CT molecular complexity index is 306. The van der Waals surface area contributed by atoms with Crippen LogP contribution in [0.15, 0.2) is 22.7 Å². The lowest BCUT2D eigenvalue weighted by Crippen LogP contribution is -2.27. The molecule has 78 valence electrons. The molecule has 4 heteroatoms. The van der Waals surface area contributed by atoms with E-state index in [1.54, 1.807) is 12.1 Å². The number of hydrogen-bond donors (Lipinski definition) is 1. The maximum atomic E-state index is 13.2. The molecule has 1 nitrogen and oxygen atoms in total.